The fourth-order valence-electron chi connectivity index (χ4n) is 2.11. The Balaban J connectivity index is 1.62. The molecule has 2 aromatic rings. The molecule has 0 unspecified atom stereocenters. The minimum Gasteiger partial charge on any atom is -0.446 e. The molecular weight excluding hydrogens is 292 g/mol. The van der Waals surface area contributed by atoms with E-state index in [-0.39, 0.29) is 17.9 Å². The topological polar surface area (TPSA) is 99.2 Å². The first kappa shape index (κ1) is 13.6. The number of hydrogen-bond donors (Lipinski definition) is 2. The number of carbonyl (C=O) groups is 2. The van der Waals surface area contributed by atoms with Crippen LogP contribution in [0.3, 0.4) is 0 Å². The van der Waals surface area contributed by atoms with E-state index in [1.54, 1.807) is 29.5 Å². The average Bonchev–Trinajstić information content (AvgIpc) is 2.86. The van der Waals surface area contributed by atoms with Crippen LogP contribution >= 0.6 is 11.3 Å². The van der Waals surface area contributed by atoms with E-state index in [2.05, 4.69) is 10.4 Å². The molecule has 3 rings (SSSR count). The van der Waals surface area contributed by atoms with Gasteiger partial charge in [-0.05, 0) is 12.5 Å². The molecule has 0 aliphatic heterocycles. The Hall–Kier alpha value is -2.35. The monoisotopic (exact) mass is 306 g/mol. The molecular formula is C13H14N4O3S. The van der Waals surface area contributed by atoms with Crippen molar-refractivity contribution in [2.45, 2.75) is 18.4 Å². The highest BCUT2D eigenvalue weighted by Gasteiger charge is 2.42. The molecule has 2 atom stereocenters. The van der Waals surface area contributed by atoms with Gasteiger partial charge in [-0.25, -0.2) is 4.79 Å². The van der Waals surface area contributed by atoms with E-state index in [0.717, 1.165) is 11.3 Å². The number of anilines is 1. The largest absolute Gasteiger partial charge is 0.446 e. The molecule has 0 radical (unpaired) electrons. The van der Waals surface area contributed by atoms with E-state index < -0.39 is 6.09 Å². The maximum Gasteiger partial charge on any atom is 0.404 e. The highest BCUT2D eigenvalue weighted by molar-refractivity contribution is 7.10. The molecule has 2 heterocycles. The van der Waals surface area contributed by atoms with Gasteiger partial charge in [0.05, 0.1) is 17.4 Å². The lowest BCUT2D eigenvalue weighted by Gasteiger charge is -1.99. The Labute approximate surface area is 124 Å². The molecule has 1 saturated carbocycles. The second kappa shape index (κ2) is 5.21. The Morgan fingerprint density at radius 2 is 2.38 bits per heavy atom. The van der Waals surface area contributed by atoms with Crippen molar-refractivity contribution in [1.29, 1.82) is 0 Å². The van der Waals surface area contributed by atoms with E-state index in [1.807, 2.05) is 6.07 Å². The molecule has 1 fully saturated rings. The number of amides is 2. The van der Waals surface area contributed by atoms with Gasteiger partial charge in [0, 0.05) is 29.4 Å². The Morgan fingerprint density at radius 1 is 1.57 bits per heavy atom. The molecule has 8 heteroatoms. The molecule has 0 bridgehead atoms. The van der Waals surface area contributed by atoms with Crippen LogP contribution in [0.5, 0.6) is 0 Å². The Kier molecular flexibility index (Phi) is 3.38. The molecule has 2 amide bonds. The third kappa shape index (κ3) is 3.05. The zero-order chi connectivity index (χ0) is 15.0. The number of aromatic nitrogens is 2. The number of carbonyl (C=O) groups excluding carboxylic acids is 2. The molecule has 1 aliphatic rings. The third-order valence-corrected chi connectivity index (χ3v) is 4.27. The van der Waals surface area contributed by atoms with Crippen molar-refractivity contribution in [3.63, 3.8) is 0 Å². The minimum atomic E-state index is -0.756. The lowest BCUT2D eigenvalue weighted by molar-refractivity contribution is 0.102. The van der Waals surface area contributed by atoms with Crippen molar-refractivity contribution < 1.29 is 14.3 Å². The van der Waals surface area contributed by atoms with E-state index in [1.165, 1.54) is 11.3 Å². The molecule has 110 valence electrons. The van der Waals surface area contributed by atoms with E-state index in [9.17, 15) is 9.59 Å². The molecule has 7 nitrogen and oxygen atoms in total. The smallest absolute Gasteiger partial charge is 0.404 e. The molecule has 21 heavy (non-hydrogen) atoms. The molecule has 2 aromatic heterocycles. The fourth-order valence-corrected chi connectivity index (χ4v) is 3.16. The van der Waals surface area contributed by atoms with Crippen molar-refractivity contribution >= 4 is 29.0 Å². The second-order valence-corrected chi connectivity index (χ2v) is 5.85. The van der Waals surface area contributed by atoms with Crippen molar-refractivity contribution in [3.8, 4) is 0 Å². The van der Waals surface area contributed by atoms with Gasteiger partial charge >= 0.3 is 6.09 Å². The molecule has 3 N–H and O–H groups in total. The maximum atomic E-state index is 12.1. The summed E-state index contributed by atoms with van der Waals surface area (Å²) in [5.74, 6) is -0.0269. The first-order valence-electron chi connectivity index (χ1n) is 6.37. The van der Waals surface area contributed by atoms with Crippen LogP contribution in [0.15, 0.2) is 23.8 Å². The number of nitrogens with two attached hydrogens (primary N) is 1. The first-order chi connectivity index (χ1) is 10.0. The third-order valence-electron chi connectivity index (χ3n) is 3.21. The van der Waals surface area contributed by atoms with Gasteiger partial charge in [-0.3, -0.25) is 9.48 Å². The quantitative estimate of drug-likeness (QED) is 0.897. The number of nitrogens with zero attached hydrogens (tertiary/aromatic N) is 2. The summed E-state index contributed by atoms with van der Waals surface area (Å²) in [5, 5.41) is 8.56. The number of rotatable bonds is 4. The zero-order valence-electron chi connectivity index (χ0n) is 11.3. The lowest BCUT2D eigenvalue weighted by Crippen LogP contribution is -2.14. The van der Waals surface area contributed by atoms with Crippen molar-refractivity contribution in [1.82, 2.24) is 9.78 Å². The van der Waals surface area contributed by atoms with Crippen LogP contribution in [0.1, 0.15) is 27.6 Å². The Morgan fingerprint density at radius 3 is 3.05 bits per heavy atom. The highest BCUT2D eigenvalue weighted by atomic mass is 32.1. The van der Waals surface area contributed by atoms with Gasteiger partial charge in [0.25, 0.3) is 5.91 Å². The van der Waals surface area contributed by atoms with Gasteiger partial charge in [0.2, 0.25) is 0 Å². The number of primary amides is 1. The van der Waals surface area contributed by atoms with Gasteiger partial charge in [0.1, 0.15) is 6.10 Å². The van der Waals surface area contributed by atoms with E-state index in [4.69, 9.17) is 10.5 Å². The summed E-state index contributed by atoms with van der Waals surface area (Å²) in [5.41, 5.74) is 6.22. The minimum absolute atomic E-state index is 0.155. The number of aryl methyl sites for hydroxylation is 1. The molecule has 0 spiro atoms. The summed E-state index contributed by atoms with van der Waals surface area (Å²) in [7, 11) is 1.78. The predicted molar refractivity (Wildman–Crippen MR) is 77.3 cm³/mol. The van der Waals surface area contributed by atoms with Gasteiger partial charge < -0.3 is 15.8 Å². The summed E-state index contributed by atoms with van der Waals surface area (Å²) in [6, 6.07) is 1.82. The highest BCUT2D eigenvalue weighted by Crippen LogP contribution is 2.45. The van der Waals surface area contributed by atoms with Crippen LogP contribution in [-0.4, -0.2) is 27.9 Å². The van der Waals surface area contributed by atoms with Gasteiger partial charge in [-0.15, -0.1) is 11.3 Å². The molecule has 1 aliphatic carbocycles. The van der Waals surface area contributed by atoms with Gasteiger partial charge in [-0.2, -0.15) is 5.10 Å². The summed E-state index contributed by atoms with van der Waals surface area (Å²) in [6.45, 7) is 0. The summed E-state index contributed by atoms with van der Waals surface area (Å²) < 4.78 is 6.55. The molecule has 0 saturated heterocycles. The number of hydrogen-bond acceptors (Lipinski definition) is 5. The normalized spacial score (nSPS) is 20.0. The average molecular weight is 306 g/mol. The van der Waals surface area contributed by atoms with Crippen LogP contribution in [0, 0.1) is 0 Å². The maximum absolute atomic E-state index is 12.1. The van der Waals surface area contributed by atoms with Crippen LogP contribution in [-0.2, 0) is 11.8 Å². The van der Waals surface area contributed by atoms with Crippen molar-refractivity contribution in [3.05, 3.63) is 34.3 Å². The van der Waals surface area contributed by atoms with Gasteiger partial charge in [0.15, 0.2) is 0 Å². The number of nitrogens with one attached hydrogen (secondary N) is 1. The number of ether oxygens (including phenoxy) is 1. The zero-order valence-corrected chi connectivity index (χ0v) is 12.1. The predicted octanol–water partition coefficient (Wildman–Crippen LogP) is 1.69. The summed E-state index contributed by atoms with van der Waals surface area (Å²) in [4.78, 5) is 23.8. The van der Waals surface area contributed by atoms with Crippen molar-refractivity contribution in [2.24, 2.45) is 12.8 Å². The van der Waals surface area contributed by atoms with Crippen LogP contribution in [0.4, 0.5) is 10.5 Å². The second-order valence-electron chi connectivity index (χ2n) is 4.91. The SMILES string of the molecule is Cn1cc(NC(=O)c2csc([C@@H]3C[C@H]3OC(N)=O)c2)cn1. The van der Waals surface area contributed by atoms with Crippen molar-refractivity contribution in [2.75, 3.05) is 5.32 Å². The summed E-state index contributed by atoms with van der Waals surface area (Å²) in [6.07, 6.45) is 3.16. The fraction of sp³-hybridized carbons (Fsp3) is 0.308. The number of thiophene rings is 1. The van der Waals surface area contributed by atoms with Crippen LogP contribution in [0.2, 0.25) is 0 Å². The van der Waals surface area contributed by atoms with Crippen LogP contribution in [0.25, 0.3) is 0 Å². The first-order valence-corrected chi connectivity index (χ1v) is 7.25. The summed E-state index contributed by atoms with van der Waals surface area (Å²) >= 11 is 1.48. The Bertz CT molecular complexity index is 693. The molecule has 0 aromatic carbocycles. The van der Waals surface area contributed by atoms with E-state index in [0.29, 0.717) is 11.3 Å². The van der Waals surface area contributed by atoms with Crippen LogP contribution < -0.4 is 11.1 Å². The standard InChI is InChI=1S/C13H14N4O3S/c1-17-5-8(4-15-17)16-12(18)7-2-11(21-6-7)9-3-10(9)20-13(14)19/h2,4-6,9-10H,3H2,1H3,(H2,14,19)(H,16,18)/t9-,10-/m1/s1. The lowest BCUT2D eigenvalue weighted by atomic mass is 10.2. The van der Waals surface area contributed by atoms with E-state index >= 15 is 0 Å². The van der Waals surface area contributed by atoms with Gasteiger partial charge in [-0.1, -0.05) is 0 Å².